The molecule has 1 atom stereocenters. The first-order chi connectivity index (χ1) is 20.2. The first kappa shape index (κ1) is 26.4. The van der Waals surface area contributed by atoms with Crippen LogP contribution in [0.2, 0.25) is 0 Å². The van der Waals surface area contributed by atoms with Crippen molar-refractivity contribution in [1.29, 1.82) is 0 Å². The standard InChI is InChI=1S/C32H38N8S/c1-2-37-19-21-39(22-20-37)27-13-17-38(18-14-27)26-10-8-25(9-11-26)34-32-35-28-15-23-41-30(28)31(36-32)40-29(12-16-33-40)24-6-4-3-5-7-24/h3-11,15-16,23,27,29H,2,12-14,17-22H2,1H3,(H,34,35,36). The van der Waals surface area contributed by atoms with Crippen LogP contribution in [0.1, 0.15) is 37.8 Å². The van der Waals surface area contributed by atoms with E-state index in [9.17, 15) is 0 Å². The molecule has 3 aliphatic heterocycles. The fraction of sp³-hybridized carbons (Fsp3) is 0.406. The van der Waals surface area contributed by atoms with Crippen molar-refractivity contribution in [2.45, 2.75) is 38.3 Å². The predicted octanol–water partition coefficient (Wildman–Crippen LogP) is 5.98. The molecule has 3 aliphatic rings. The zero-order valence-electron chi connectivity index (χ0n) is 23.7. The van der Waals surface area contributed by atoms with E-state index in [4.69, 9.17) is 15.1 Å². The van der Waals surface area contributed by atoms with E-state index in [1.165, 1.54) is 56.8 Å². The monoisotopic (exact) mass is 566 g/mol. The highest BCUT2D eigenvalue weighted by Crippen LogP contribution is 2.38. The summed E-state index contributed by atoms with van der Waals surface area (Å²) in [7, 11) is 0. The van der Waals surface area contributed by atoms with Gasteiger partial charge in [0.1, 0.15) is 0 Å². The number of thiophene rings is 1. The Morgan fingerprint density at radius 2 is 1.66 bits per heavy atom. The van der Waals surface area contributed by atoms with Crippen molar-refractivity contribution in [2.75, 3.05) is 61.0 Å². The van der Waals surface area contributed by atoms with Gasteiger partial charge in [0, 0.05) is 69.3 Å². The second kappa shape index (κ2) is 11.8. The van der Waals surface area contributed by atoms with E-state index in [0.29, 0.717) is 5.95 Å². The number of rotatable bonds is 7. The fourth-order valence-corrected chi connectivity index (χ4v) is 7.26. The Kier molecular flexibility index (Phi) is 7.56. The minimum absolute atomic E-state index is 0.133. The third-order valence-electron chi connectivity index (χ3n) is 8.84. The number of benzene rings is 2. The lowest BCUT2D eigenvalue weighted by Gasteiger charge is -2.43. The Hall–Kier alpha value is -3.53. The number of hydrogen-bond acceptors (Lipinski definition) is 9. The molecule has 4 aromatic rings. The molecular formula is C32H38N8S. The van der Waals surface area contributed by atoms with Crippen molar-refractivity contribution in [2.24, 2.45) is 5.10 Å². The van der Waals surface area contributed by atoms with E-state index in [-0.39, 0.29) is 6.04 Å². The van der Waals surface area contributed by atoms with Gasteiger partial charge in [-0.2, -0.15) is 10.1 Å². The van der Waals surface area contributed by atoms with Gasteiger partial charge in [0.25, 0.3) is 0 Å². The topological polar surface area (TPSA) is 63.1 Å². The highest BCUT2D eigenvalue weighted by Gasteiger charge is 2.29. The highest BCUT2D eigenvalue weighted by atomic mass is 32.1. The molecule has 0 saturated carbocycles. The van der Waals surface area contributed by atoms with Gasteiger partial charge in [-0.1, -0.05) is 37.3 Å². The molecule has 0 bridgehead atoms. The van der Waals surface area contributed by atoms with Crippen molar-refractivity contribution in [3.8, 4) is 0 Å². The summed E-state index contributed by atoms with van der Waals surface area (Å²) in [6.45, 7) is 10.6. The first-order valence-electron chi connectivity index (χ1n) is 15.0. The molecular weight excluding hydrogens is 528 g/mol. The van der Waals surface area contributed by atoms with Crippen LogP contribution in [0.4, 0.5) is 23.1 Å². The van der Waals surface area contributed by atoms with Crippen LogP contribution in [0.15, 0.2) is 71.1 Å². The number of anilines is 4. The number of nitrogens with zero attached hydrogens (tertiary/aromatic N) is 7. The molecule has 212 valence electrons. The molecule has 2 fully saturated rings. The Labute approximate surface area is 246 Å². The smallest absolute Gasteiger partial charge is 0.229 e. The number of hydrazone groups is 1. The molecule has 1 N–H and O–H groups in total. The normalized spacial score (nSPS) is 20.8. The fourth-order valence-electron chi connectivity index (χ4n) is 6.45. The summed E-state index contributed by atoms with van der Waals surface area (Å²) < 4.78 is 1.06. The maximum absolute atomic E-state index is 4.98. The zero-order valence-corrected chi connectivity index (χ0v) is 24.5. The number of piperidine rings is 1. The summed E-state index contributed by atoms with van der Waals surface area (Å²) in [5, 5.41) is 12.3. The summed E-state index contributed by atoms with van der Waals surface area (Å²) >= 11 is 1.66. The van der Waals surface area contributed by atoms with Gasteiger partial charge in [-0.15, -0.1) is 11.3 Å². The van der Waals surface area contributed by atoms with Crippen LogP contribution < -0.4 is 15.2 Å². The molecule has 2 aromatic carbocycles. The van der Waals surface area contributed by atoms with Crippen LogP contribution in [-0.2, 0) is 0 Å². The molecule has 2 aromatic heterocycles. The van der Waals surface area contributed by atoms with Crippen molar-refractivity contribution in [3.63, 3.8) is 0 Å². The van der Waals surface area contributed by atoms with Crippen LogP contribution in [-0.4, -0.2) is 77.8 Å². The Bertz CT molecular complexity index is 1470. The number of likely N-dealkylation sites (N-methyl/N-ethyl adjacent to an activating group) is 1. The summed E-state index contributed by atoms with van der Waals surface area (Å²) in [6, 6.07) is 22.2. The van der Waals surface area contributed by atoms with Crippen LogP contribution in [0.5, 0.6) is 0 Å². The second-order valence-electron chi connectivity index (χ2n) is 11.2. The van der Waals surface area contributed by atoms with Gasteiger partial charge in [0.05, 0.1) is 16.3 Å². The largest absolute Gasteiger partial charge is 0.371 e. The Morgan fingerprint density at radius 3 is 2.41 bits per heavy atom. The SMILES string of the molecule is CCN1CCN(C2CCN(c3ccc(Nc4nc(N5N=CCC5c5ccccc5)c5sccc5n4)cc3)CC2)CC1. The molecule has 0 amide bonds. The molecule has 0 radical (unpaired) electrons. The van der Waals surface area contributed by atoms with E-state index < -0.39 is 0 Å². The average molecular weight is 567 g/mol. The van der Waals surface area contributed by atoms with Crippen LogP contribution >= 0.6 is 11.3 Å². The molecule has 41 heavy (non-hydrogen) atoms. The van der Waals surface area contributed by atoms with Gasteiger partial charge in [-0.3, -0.25) is 4.90 Å². The summed E-state index contributed by atoms with van der Waals surface area (Å²) in [5.41, 5.74) is 4.45. The third kappa shape index (κ3) is 5.54. The van der Waals surface area contributed by atoms with Crippen molar-refractivity contribution < 1.29 is 0 Å². The molecule has 8 nitrogen and oxygen atoms in total. The molecule has 7 rings (SSSR count). The van der Waals surface area contributed by atoms with Gasteiger partial charge < -0.3 is 15.1 Å². The van der Waals surface area contributed by atoms with E-state index in [1.807, 2.05) is 6.21 Å². The highest BCUT2D eigenvalue weighted by molar-refractivity contribution is 7.17. The molecule has 5 heterocycles. The van der Waals surface area contributed by atoms with Crippen LogP contribution in [0.3, 0.4) is 0 Å². The van der Waals surface area contributed by atoms with Crippen LogP contribution in [0.25, 0.3) is 10.2 Å². The Balaban J connectivity index is 1.03. The Morgan fingerprint density at radius 1 is 0.878 bits per heavy atom. The number of piperazine rings is 1. The maximum atomic E-state index is 4.98. The lowest BCUT2D eigenvalue weighted by molar-refractivity contribution is 0.0878. The van der Waals surface area contributed by atoms with E-state index in [2.05, 4.69) is 98.0 Å². The lowest BCUT2D eigenvalue weighted by Crippen LogP contribution is -2.53. The van der Waals surface area contributed by atoms with E-state index in [1.54, 1.807) is 11.3 Å². The molecule has 1 unspecified atom stereocenters. The summed E-state index contributed by atoms with van der Waals surface area (Å²) in [4.78, 5) is 17.6. The molecule has 9 heteroatoms. The van der Waals surface area contributed by atoms with Gasteiger partial charge >= 0.3 is 0 Å². The maximum Gasteiger partial charge on any atom is 0.229 e. The minimum Gasteiger partial charge on any atom is -0.371 e. The summed E-state index contributed by atoms with van der Waals surface area (Å²) in [5.74, 6) is 1.45. The van der Waals surface area contributed by atoms with Gasteiger partial charge in [-0.25, -0.2) is 9.99 Å². The van der Waals surface area contributed by atoms with Crippen LogP contribution in [0, 0.1) is 0 Å². The van der Waals surface area contributed by atoms with Gasteiger partial charge in [-0.05, 0) is 60.7 Å². The number of aromatic nitrogens is 2. The number of fused-ring (bicyclic) bond motifs is 1. The van der Waals surface area contributed by atoms with Crippen molar-refractivity contribution >= 4 is 50.9 Å². The van der Waals surface area contributed by atoms with E-state index in [0.717, 1.165) is 47.3 Å². The summed E-state index contributed by atoms with van der Waals surface area (Å²) in [6.07, 6.45) is 5.33. The third-order valence-corrected chi connectivity index (χ3v) is 9.74. The minimum atomic E-state index is 0.133. The first-order valence-corrected chi connectivity index (χ1v) is 15.8. The van der Waals surface area contributed by atoms with E-state index >= 15 is 0 Å². The molecule has 2 saturated heterocycles. The second-order valence-corrected chi connectivity index (χ2v) is 12.1. The van der Waals surface area contributed by atoms with Crippen molar-refractivity contribution in [3.05, 3.63) is 71.6 Å². The van der Waals surface area contributed by atoms with Gasteiger partial charge in [0.15, 0.2) is 5.82 Å². The predicted molar refractivity (Wildman–Crippen MR) is 171 cm³/mol. The number of nitrogens with one attached hydrogen (secondary N) is 1. The number of hydrogen-bond donors (Lipinski definition) is 1. The molecule has 0 spiro atoms. The van der Waals surface area contributed by atoms with Crippen molar-refractivity contribution in [1.82, 2.24) is 19.8 Å². The van der Waals surface area contributed by atoms with Gasteiger partial charge in [0.2, 0.25) is 5.95 Å². The average Bonchev–Trinajstić information content (AvgIpc) is 3.72. The molecule has 0 aliphatic carbocycles. The quantitative estimate of drug-likeness (QED) is 0.295. The lowest BCUT2D eigenvalue weighted by atomic mass is 10.0. The zero-order chi connectivity index (χ0) is 27.6.